The van der Waals surface area contributed by atoms with Crippen LogP contribution in [0.4, 0.5) is 5.69 Å². The highest BCUT2D eigenvalue weighted by Crippen LogP contribution is 2.31. The van der Waals surface area contributed by atoms with Gasteiger partial charge in [0.05, 0.1) is 0 Å². The second kappa shape index (κ2) is 6.95. The van der Waals surface area contributed by atoms with Gasteiger partial charge in [-0.15, -0.1) is 0 Å². The van der Waals surface area contributed by atoms with Crippen LogP contribution >= 0.6 is 0 Å². The normalized spacial score (nSPS) is 11.2. The van der Waals surface area contributed by atoms with E-state index in [-0.39, 0.29) is 0 Å². The molecule has 2 rings (SSSR count). The van der Waals surface area contributed by atoms with E-state index in [9.17, 15) is 0 Å². The number of para-hydroxylation sites is 1. The number of aromatic nitrogens is 2. The summed E-state index contributed by atoms with van der Waals surface area (Å²) in [5, 5.41) is 0. The van der Waals surface area contributed by atoms with Crippen molar-refractivity contribution in [1.82, 2.24) is 9.97 Å². The van der Waals surface area contributed by atoms with Crippen molar-refractivity contribution < 1.29 is 4.43 Å². The molecule has 0 saturated carbocycles. The quantitative estimate of drug-likeness (QED) is 0.625. The molecule has 20 heavy (non-hydrogen) atoms. The van der Waals surface area contributed by atoms with Crippen molar-refractivity contribution in [3.63, 3.8) is 0 Å². The number of hydrogen-bond acceptors (Lipinski definition) is 4. The molecule has 0 aliphatic heterocycles. The van der Waals surface area contributed by atoms with E-state index in [2.05, 4.69) is 28.1 Å². The average molecular weight is 284 g/mol. The van der Waals surface area contributed by atoms with Gasteiger partial charge in [0.2, 0.25) is 0 Å². The van der Waals surface area contributed by atoms with Crippen molar-refractivity contribution in [3.05, 3.63) is 48.0 Å². The minimum Gasteiger partial charge on any atom is -0.541 e. The first kappa shape index (κ1) is 14.4. The molecule has 0 aliphatic carbocycles. The molecular formula is C15H18N3OSi. The second-order valence-electron chi connectivity index (χ2n) is 4.61. The average Bonchev–Trinajstić information content (AvgIpc) is 2.43. The minimum atomic E-state index is -0.806. The van der Waals surface area contributed by atoms with Crippen LogP contribution in [0.5, 0.6) is 5.75 Å². The van der Waals surface area contributed by atoms with Gasteiger partial charge in [-0.3, -0.25) is 4.99 Å². The van der Waals surface area contributed by atoms with Crippen molar-refractivity contribution in [2.45, 2.75) is 26.4 Å². The fraction of sp³-hybridized carbons (Fsp3) is 0.267. The van der Waals surface area contributed by atoms with Crippen LogP contribution in [0.1, 0.15) is 11.4 Å². The molecule has 1 aromatic carbocycles. The predicted molar refractivity (Wildman–Crippen MR) is 83.2 cm³/mol. The van der Waals surface area contributed by atoms with E-state index in [0.29, 0.717) is 6.42 Å². The SMILES string of the molecule is Cc1cccc(N=CCc2ncccn2)c1O[Si](C)C. The first-order valence-electron chi connectivity index (χ1n) is 6.53. The summed E-state index contributed by atoms with van der Waals surface area (Å²) >= 11 is 0. The Labute approximate surface area is 121 Å². The summed E-state index contributed by atoms with van der Waals surface area (Å²) in [6.07, 6.45) is 5.92. The molecule has 1 heterocycles. The molecule has 5 heteroatoms. The Kier molecular flexibility index (Phi) is 5.01. The Hall–Kier alpha value is -2.01. The Morgan fingerprint density at radius 3 is 2.65 bits per heavy atom. The van der Waals surface area contributed by atoms with E-state index in [1.165, 1.54) is 0 Å². The summed E-state index contributed by atoms with van der Waals surface area (Å²) in [5.74, 6) is 1.65. The second-order valence-corrected chi connectivity index (χ2v) is 6.63. The molecule has 0 aliphatic rings. The molecule has 1 aromatic heterocycles. The standard InChI is InChI=1S/C15H18N3OSi/c1-12-6-4-7-13(15(12)19-20(2)3)16-11-8-14-17-9-5-10-18-14/h4-7,9-11H,8H2,1-3H3. The van der Waals surface area contributed by atoms with Gasteiger partial charge in [0.15, 0.2) is 0 Å². The van der Waals surface area contributed by atoms with Crippen molar-refractivity contribution in [2.24, 2.45) is 4.99 Å². The molecule has 1 radical (unpaired) electrons. The summed E-state index contributed by atoms with van der Waals surface area (Å²) in [5.41, 5.74) is 1.98. The fourth-order valence-corrected chi connectivity index (χ4v) is 2.41. The van der Waals surface area contributed by atoms with Crippen molar-refractivity contribution in [2.75, 3.05) is 0 Å². The van der Waals surface area contributed by atoms with Gasteiger partial charge in [-0.1, -0.05) is 12.1 Å². The van der Waals surface area contributed by atoms with E-state index in [1.807, 2.05) is 31.3 Å². The maximum Gasteiger partial charge on any atom is 0.274 e. The number of nitrogens with zero attached hydrogens (tertiary/aromatic N) is 3. The van der Waals surface area contributed by atoms with Gasteiger partial charge in [0.25, 0.3) is 9.04 Å². The van der Waals surface area contributed by atoms with Gasteiger partial charge >= 0.3 is 0 Å². The predicted octanol–water partition coefficient (Wildman–Crippen LogP) is 3.36. The highest BCUT2D eigenvalue weighted by molar-refractivity contribution is 6.49. The lowest BCUT2D eigenvalue weighted by Gasteiger charge is -2.13. The van der Waals surface area contributed by atoms with E-state index in [4.69, 9.17) is 4.43 Å². The lowest BCUT2D eigenvalue weighted by Crippen LogP contribution is -2.12. The van der Waals surface area contributed by atoms with E-state index in [1.54, 1.807) is 18.5 Å². The van der Waals surface area contributed by atoms with Crippen LogP contribution in [-0.2, 0) is 6.42 Å². The molecule has 2 aromatic rings. The van der Waals surface area contributed by atoms with Gasteiger partial charge in [-0.25, -0.2) is 9.97 Å². The molecule has 0 atom stereocenters. The minimum absolute atomic E-state index is 0.615. The molecule has 0 N–H and O–H groups in total. The molecule has 4 nitrogen and oxygen atoms in total. The molecule has 0 fully saturated rings. The third-order valence-electron chi connectivity index (χ3n) is 2.62. The van der Waals surface area contributed by atoms with Gasteiger partial charge < -0.3 is 4.43 Å². The smallest absolute Gasteiger partial charge is 0.274 e. The number of aliphatic imine (C=N–C) groups is 1. The summed E-state index contributed by atoms with van der Waals surface area (Å²) in [6, 6.07) is 7.81. The highest BCUT2D eigenvalue weighted by atomic mass is 28.3. The van der Waals surface area contributed by atoms with E-state index >= 15 is 0 Å². The summed E-state index contributed by atoms with van der Waals surface area (Å²) in [7, 11) is -0.806. The third-order valence-corrected chi connectivity index (χ3v) is 3.23. The lowest BCUT2D eigenvalue weighted by molar-refractivity contribution is 0.577. The third kappa shape index (κ3) is 3.99. The van der Waals surface area contributed by atoms with Crippen molar-refractivity contribution >= 4 is 20.9 Å². The largest absolute Gasteiger partial charge is 0.541 e. The van der Waals surface area contributed by atoms with E-state index < -0.39 is 9.04 Å². The van der Waals surface area contributed by atoms with Crippen LogP contribution in [0.15, 0.2) is 41.7 Å². The molecule has 0 spiro atoms. The lowest BCUT2D eigenvalue weighted by atomic mass is 10.2. The zero-order valence-electron chi connectivity index (χ0n) is 12.0. The summed E-state index contributed by atoms with van der Waals surface area (Å²) in [6.45, 7) is 6.27. The van der Waals surface area contributed by atoms with Crippen LogP contribution in [0.3, 0.4) is 0 Å². The van der Waals surface area contributed by atoms with Crippen LogP contribution in [-0.4, -0.2) is 25.2 Å². The maximum atomic E-state index is 5.94. The Balaban J connectivity index is 2.14. The number of benzene rings is 1. The maximum absolute atomic E-state index is 5.94. The summed E-state index contributed by atoms with van der Waals surface area (Å²) < 4.78 is 5.94. The Morgan fingerprint density at radius 2 is 1.95 bits per heavy atom. The molecule has 0 bridgehead atoms. The van der Waals surface area contributed by atoms with Gasteiger partial charge in [0.1, 0.15) is 17.3 Å². The topological polar surface area (TPSA) is 47.4 Å². The molecule has 103 valence electrons. The van der Waals surface area contributed by atoms with Gasteiger partial charge in [0, 0.05) is 25.0 Å². The zero-order chi connectivity index (χ0) is 14.4. The first-order valence-corrected chi connectivity index (χ1v) is 8.93. The molecule has 0 unspecified atom stereocenters. The molecular weight excluding hydrogens is 266 g/mol. The number of hydrogen-bond donors (Lipinski definition) is 0. The van der Waals surface area contributed by atoms with Gasteiger partial charge in [-0.2, -0.15) is 0 Å². The summed E-state index contributed by atoms with van der Waals surface area (Å²) in [4.78, 5) is 12.8. The first-order chi connectivity index (χ1) is 9.66. The van der Waals surface area contributed by atoms with Crippen molar-refractivity contribution in [1.29, 1.82) is 0 Å². The van der Waals surface area contributed by atoms with Crippen LogP contribution in [0.25, 0.3) is 0 Å². The van der Waals surface area contributed by atoms with Crippen LogP contribution in [0, 0.1) is 6.92 Å². The monoisotopic (exact) mass is 284 g/mol. The van der Waals surface area contributed by atoms with E-state index in [0.717, 1.165) is 22.8 Å². The van der Waals surface area contributed by atoms with Crippen LogP contribution in [0.2, 0.25) is 13.1 Å². The van der Waals surface area contributed by atoms with Gasteiger partial charge in [-0.05, 0) is 37.7 Å². The van der Waals surface area contributed by atoms with Crippen LogP contribution < -0.4 is 4.43 Å². The molecule has 0 amide bonds. The Bertz CT molecular complexity index is 585. The number of rotatable bonds is 5. The number of aryl methyl sites for hydroxylation is 1. The molecule has 0 saturated heterocycles. The zero-order valence-corrected chi connectivity index (χ0v) is 13.0. The fourth-order valence-electron chi connectivity index (χ4n) is 1.74. The Morgan fingerprint density at radius 1 is 1.20 bits per heavy atom. The van der Waals surface area contributed by atoms with Crippen molar-refractivity contribution in [3.8, 4) is 5.75 Å². The highest BCUT2D eigenvalue weighted by Gasteiger charge is 2.08.